The van der Waals surface area contributed by atoms with Crippen molar-refractivity contribution in [2.45, 2.75) is 52.7 Å². The van der Waals surface area contributed by atoms with E-state index in [1.807, 2.05) is 61.4 Å². The number of amides is 2. The minimum Gasteiger partial charge on any atom is -0.497 e. The highest BCUT2D eigenvalue weighted by Gasteiger charge is 2.22. The van der Waals surface area contributed by atoms with Crippen molar-refractivity contribution in [3.05, 3.63) is 59.9 Å². The summed E-state index contributed by atoms with van der Waals surface area (Å²) in [6.45, 7) is 8.73. The Kier molecular flexibility index (Phi) is 7.51. The highest BCUT2D eigenvalue weighted by atomic mass is 16.5. The van der Waals surface area contributed by atoms with Gasteiger partial charge in [0.25, 0.3) is 5.91 Å². The second kappa shape index (κ2) is 10.3. The van der Waals surface area contributed by atoms with Gasteiger partial charge in [-0.25, -0.2) is 4.98 Å². The van der Waals surface area contributed by atoms with E-state index in [-0.39, 0.29) is 30.4 Å². The van der Waals surface area contributed by atoms with Crippen molar-refractivity contribution in [2.24, 2.45) is 0 Å². The Labute approximate surface area is 189 Å². The number of hydrogen-bond donors (Lipinski definition) is 1. The highest BCUT2D eigenvalue weighted by molar-refractivity contribution is 5.94. The van der Waals surface area contributed by atoms with E-state index >= 15 is 0 Å². The van der Waals surface area contributed by atoms with E-state index in [4.69, 9.17) is 9.72 Å². The number of carbonyl (C=O) groups excluding carboxylic acids is 2. The predicted molar refractivity (Wildman–Crippen MR) is 126 cm³/mol. The number of ether oxygens (including phenoxy) is 1. The summed E-state index contributed by atoms with van der Waals surface area (Å²) in [7, 11) is 1.57. The van der Waals surface area contributed by atoms with Gasteiger partial charge in [-0.1, -0.05) is 18.2 Å². The van der Waals surface area contributed by atoms with Gasteiger partial charge in [-0.05, 0) is 58.0 Å². The summed E-state index contributed by atoms with van der Waals surface area (Å²) in [5, 5.41) is 2.94. The van der Waals surface area contributed by atoms with Crippen LogP contribution in [0.15, 0.2) is 48.5 Å². The van der Waals surface area contributed by atoms with E-state index < -0.39 is 0 Å². The summed E-state index contributed by atoms with van der Waals surface area (Å²) in [6, 6.07) is 15.1. The quantitative estimate of drug-likeness (QED) is 0.555. The second-order valence-corrected chi connectivity index (χ2v) is 8.33. The minimum atomic E-state index is -0.173. The molecule has 0 unspecified atom stereocenters. The lowest BCUT2D eigenvalue weighted by Crippen LogP contribution is -2.43. The van der Waals surface area contributed by atoms with Crippen LogP contribution in [0.1, 0.15) is 43.9 Å². The first-order chi connectivity index (χ1) is 15.3. The molecule has 2 amide bonds. The SMILES string of the molecule is COc1cccc(C(=O)NCCc2nc3ccccc3n2CC(=O)N(C(C)C)C(C)C)c1. The first-order valence-corrected chi connectivity index (χ1v) is 11.0. The van der Waals surface area contributed by atoms with Gasteiger partial charge in [0, 0.05) is 30.6 Å². The first-order valence-electron chi connectivity index (χ1n) is 11.0. The van der Waals surface area contributed by atoms with E-state index in [9.17, 15) is 9.59 Å². The average molecular weight is 437 g/mol. The number of nitrogens with one attached hydrogen (secondary N) is 1. The van der Waals surface area contributed by atoms with Crippen LogP contribution < -0.4 is 10.1 Å². The number of aromatic nitrogens is 2. The van der Waals surface area contributed by atoms with E-state index in [0.29, 0.717) is 24.3 Å². The molecule has 1 aromatic heterocycles. The van der Waals surface area contributed by atoms with E-state index in [2.05, 4.69) is 5.32 Å². The van der Waals surface area contributed by atoms with E-state index in [1.165, 1.54) is 0 Å². The Morgan fingerprint density at radius 1 is 1.06 bits per heavy atom. The molecule has 0 aliphatic carbocycles. The Hall–Kier alpha value is -3.35. The van der Waals surface area contributed by atoms with Crippen LogP contribution in [-0.4, -0.2) is 52.0 Å². The van der Waals surface area contributed by atoms with Crippen LogP contribution in [-0.2, 0) is 17.8 Å². The van der Waals surface area contributed by atoms with Gasteiger partial charge >= 0.3 is 0 Å². The van der Waals surface area contributed by atoms with Crippen LogP contribution in [0.25, 0.3) is 11.0 Å². The van der Waals surface area contributed by atoms with Crippen LogP contribution in [0.5, 0.6) is 5.75 Å². The molecule has 2 aromatic carbocycles. The van der Waals surface area contributed by atoms with Crippen molar-refractivity contribution >= 4 is 22.8 Å². The monoisotopic (exact) mass is 436 g/mol. The number of methoxy groups -OCH3 is 1. The smallest absolute Gasteiger partial charge is 0.251 e. The van der Waals surface area contributed by atoms with Gasteiger partial charge in [-0.3, -0.25) is 9.59 Å². The number of imidazole rings is 1. The molecule has 0 saturated carbocycles. The summed E-state index contributed by atoms with van der Waals surface area (Å²) in [5.41, 5.74) is 2.30. The van der Waals surface area contributed by atoms with Crippen LogP contribution in [0.4, 0.5) is 0 Å². The summed E-state index contributed by atoms with van der Waals surface area (Å²) in [5.74, 6) is 1.30. The highest BCUT2D eigenvalue weighted by Crippen LogP contribution is 2.18. The van der Waals surface area contributed by atoms with Gasteiger partial charge in [0.05, 0.1) is 18.1 Å². The maximum Gasteiger partial charge on any atom is 0.251 e. The molecule has 0 aliphatic heterocycles. The van der Waals surface area contributed by atoms with Gasteiger partial charge in [0.15, 0.2) is 0 Å². The topological polar surface area (TPSA) is 76.5 Å². The third kappa shape index (κ3) is 5.28. The number of hydrogen-bond acceptors (Lipinski definition) is 4. The Morgan fingerprint density at radius 2 is 1.78 bits per heavy atom. The van der Waals surface area contributed by atoms with Crippen molar-refractivity contribution < 1.29 is 14.3 Å². The molecule has 7 heteroatoms. The van der Waals surface area contributed by atoms with Crippen molar-refractivity contribution in [1.29, 1.82) is 0 Å². The lowest BCUT2D eigenvalue weighted by atomic mass is 10.2. The normalized spacial score (nSPS) is 11.2. The molecule has 0 radical (unpaired) electrons. The number of rotatable bonds is 9. The van der Waals surface area contributed by atoms with Crippen molar-refractivity contribution in [1.82, 2.24) is 19.8 Å². The Bertz CT molecular complexity index is 1080. The molecule has 0 spiro atoms. The van der Waals surface area contributed by atoms with E-state index in [0.717, 1.165) is 16.9 Å². The fourth-order valence-electron chi connectivity index (χ4n) is 4.04. The van der Waals surface area contributed by atoms with Gasteiger partial charge in [-0.15, -0.1) is 0 Å². The average Bonchev–Trinajstić information content (AvgIpc) is 3.10. The molecule has 1 heterocycles. The molecular weight excluding hydrogens is 404 g/mol. The summed E-state index contributed by atoms with van der Waals surface area (Å²) < 4.78 is 7.15. The third-order valence-electron chi connectivity index (χ3n) is 5.39. The zero-order valence-electron chi connectivity index (χ0n) is 19.5. The molecule has 7 nitrogen and oxygen atoms in total. The van der Waals surface area contributed by atoms with Crippen molar-refractivity contribution in [2.75, 3.05) is 13.7 Å². The Morgan fingerprint density at radius 3 is 2.47 bits per heavy atom. The molecule has 0 fully saturated rings. The lowest BCUT2D eigenvalue weighted by molar-refractivity contribution is -0.135. The van der Waals surface area contributed by atoms with Crippen LogP contribution in [0, 0.1) is 0 Å². The maximum absolute atomic E-state index is 13.1. The van der Waals surface area contributed by atoms with Gasteiger partial charge in [0.1, 0.15) is 18.1 Å². The van der Waals surface area contributed by atoms with Gasteiger partial charge in [-0.2, -0.15) is 0 Å². The van der Waals surface area contributed by atoms with Crippen LogP contribution in [0.2, 0.25) is 0 Å². The molecule has 0 saturated heterocycles. The van der Waals surface area contributed by atoms with Crippen molar-refractivity contribution in [3.8, 4) is 5.75 Å². The standard InChI is InChI=1S/C25H32N4O3/c1-17(2)29(18(3)4)24(30)16-28-22-12-7-6-11-21(22)27-23(28)13-14-26-25(31)19-9-8-10-20(15-19)32-5/h6-12,15,17-18H,13-14,16H2,1-5H3,(H,26,31). The largest absolute Gasteiger partial charge is 0.497 e. The molecule has 32 heavy (non-hydrogen) atoms. The number of nitrogens with zero attached hydrogens (tertiary/aromatic N) is 3. The lowest BCUT2D eigenvalue weighted by Gasteiger charge is -2.31. The molecule has 170 valence electrons. The number of para-hydroxylation sites is 2. The fraction of sp³-hybridized carbons (Fsp3) is 0.400. The Balaban J connectivity index is 1.76. The van der Waals surface area contributed by atoms with E-state index in [1.54, 1.807) is 31.4 Å². The summed E-state index contributed by atoms with van der Waals surface area (Å²) in [4.78, 5) is 32.3. The summed E-state index contributed by atoms with van der Waals surface area (Å²) >= 11 is 0. The van der Waals surface area contributed by atoms with Crippen LogP contribution >= 0.6 is 0 Å². The number of benzene rings is 2. The fourth-order valence-corrected chi connectivity index (χ4v) is 4.04. The molecule has 3 aromatic rings. The summed E-state index contributed by atoms with van der Waals surface area (Å²) in [6.07, 6.45) is 0.515. The molecular formula is C25H32N4O3. The zero-order valence-corrected chi connectivity index (χ0v) is 19.5. The first kappa shape index (κ1) is 23.3. The second-order valence-electron chi connectivity index (χ2n) is 8.33. The maximum atomic E-state index is 13.1. The van der Waals surface area contributed by atoms with Gasteiger partial charge in [0.2, 0.25) is 5.91 Å². The van der Waals surface area contributed by atoms with Crippen molar-refractivity contribution in [3.63, 3.8) is 0 Å². The zero-order chi connectivity index (χ0) is 23.3. The molecule has 0 atom stereocenters. The number of carbonyl (C=O) groups is 2. The van der Waals surface area contributed by atoms with Gasteiger partial charge < -0.3 is 19.5 Å². The number of fused-ring (bicyclic) bond motifs is 1. The minimum absolute atomic E-state index is 0.0554. The molecule has 1 N–H and O–H groups in total. The molecule has 3 rings (SSSR count). The third-order valence-corrected chi connectivity index (χ3v) is 5.39. The molecule has 0 aliphatic rings. The molecule has 0 bridgehead atoms. The predicted octanol–water partition coefficient (Wildman–Crippen LogP) is 3.66. The van der Waals surface area contributed by atoms with Crippen LogP contribution in [0.3, 0.4) is 0 Å².